The Hall–Kier alpha value is -1.35. The van der Waals surface area contributed by atoms with Crippen molar-refractivity contribution in [1.82, 2.24) is 5.32 Å². The minimum atomic E-state index is 0.486. The molecule has 3 nitrogen and oxygen atoms in total. The fraction of sp³-hybridized carbons (Fsp3) is 0.364. The lowest BCUT2D eigenvalue weighted by Crippen LogP contribution is -2.42. The highest BCUT2D eigenvalue weighted by Crippen LogP contribution is 2.02. The summed E-state index contributed by atoms with van der Waals surface area (Å²) >= 11 is 0. The smallest absolute Gasteiger partial charge is 0.366 e. The number of nitrogens with one attached hydrogen (secondary N) is 1. The van der Waals surface area contributed by atoms with Crippen molar-refractivity contribution in [3.8, 4) is 0 Å². The summed E-state index contributed by atoms with van der Waals surface area (Å²) in [5.74, 6) is 0.486. The Bertz CT molecular complexity index is 293. The first kappa shape index (κ1) is 10.7. The second-order valence-electron chi connectivity index (χ2n) is 3.18. The van der Waals surface area contributed by atoms with E-state index in [4.69, 9.17) is 10.1 Å². The topological polar surface area (TPSA) is 46.8 Å². The first-order chi connectivity index (χ1) is 6.74. The number of rotatable bonds is 4. The summed E-state index contributed by atoms with van der Waals surface area (Å²) in [7, 11) is 1.88. The van der Waals surface area contributed by atoms with Gasteiger partial charge in [0.05, 0.1) is 5.56 Å². The molecule has 0 aliphatic heterocycles. The van der Waals surface area contributed by atoms with Gasteiger partial charge in [0.25, 0.3) is 0 Å². The molecule has 14 heavy (non-hydrogen) atoms. The lowest BCUT2D eigenvalue weighted by Gasteiger charge is -2.02. The van der Waals surface area contributed by atoms with Crippen molar-refractivity contribution in [2.45, 2.75) is 6.92 Å². The van der Waals surface area contributed by atoms with Crippen LogP contribution in [0, 0.1) is 6.92 Å². The molecule has 0 fully saturated rings. The quantitative estimate of drug-likeness (QED) is 0.393. The van der Waals surface area contributed by atoms with Gasteiger partial charge in [-0.05, 0) is 26.1 Å². The predicted molar refractivity (Wildman–Crippen MR) is 57.1 cm³/mol. The fourth-order valence-corrected chi connectivity index (χ4v) is 1.06. The van der Waals surface area contributed by atoms with Gasteiger partial charge in [-0.2, -0.15) is 0 Å². The molecular weight excluding hydrogens is 176 g/mol. The van der Waals surface area contributed by atoms with Crippen LogP contribution in [0.1, 0.15) is 11.1 Å². The molecule has 1 aromatic rings. The van der Waals surface area contributed by atoms with E-state index >= 15 is 0 Å². The summed E-state index contributed by atoms with van der Waals surface area (Å²) in [6.45, 7) is 3.44. The summed E-state index contributed by atoms with van der Waals surface area (Å²) in [6.07, 6.45) is 0. The molecule has 0 bridgehead atoms. The van der Waals surface area contributed by atoms with Gasteiger partial charge in [0.15, 0.2) is 0 Å². The highest BCUT2D eigenvalue weighted by atomic mass is 16.5. The van der Waals surface area contributed by atoms with E-state index in [2.05, 4.69) is 5.32 Å². The van der Waals surface area contributed by atoms with Gasteiger partial charge in [0.2, 0.25) is 0 Å². The standard InChI is InChI=1S/C11H16N2O/c1-9-3-5-10(6-4-9)11(12)14-8-7-13-2/h3-6,12-13H,7-8H2,1-2H3/p+1. The number of hydrogen-bond acceptors (Lipinski definition) is 2. The zero-order chi connectivity index (χ0) is 10.4. The zero-order valence-corrected chi connectivity index (χ0v) is 8.71. The van der Waals surface area contributed by atoms with Crippen molar-refractivity contribution in [2.75, 3.05) is 20.2 Å². The van der Waals surface area contributed by atoms with Gasteiger partial charge in [-0.15, -0.1) is 0 Å². The third kappa shape index (κ3) is 3.18. The third-order valence-corrected chi connectivity index (χ3v) is 1.95. The maximum absolute atomic E-state index is 5.75. The first-order valence-corrected chi connectivity index (χ1v) is 4.71. The number of nitrogens with two attached hydrogens (primary N) is 1. The summed E-state index contributed by atoms with van der Waals surface area (Å²) in [5.41, 5.74) is 2.16. The lowest BCUT2D eigenvalue weighted by molar-refractivity contribution is -0.138. The number of aryl methyl sites for hydroxylation is 1. The van der Waals surface area contributed by atoms with Crippen molar-refractivity contribution in [1.29, 1.82) is 0 Å². The van der Waals surface area contributed by atoms with E-state index in [9.17, 15) is 0 Å². The van der Waals surface area contributed by atoms with Crippen LogP contribution in [0.4, 0.5) is 0 Å². The number of benzene rings is 1. The lowest BCUT2D eigenvalue weighted by atomic mass is 10.1. The van der Waals surface area contributed by atoms with Crippen LogP contribution in [0.15, 0.2) is 24.3 Å². The van der Waals surface area contributed by atoms with Crippen LogP contribution >= 0.6 is 0 Å². The van der Waals surface area contributed by atoms with Crippen LogP contribution in [0.3, 0.4) is 0 Å². The highest BCUT2D eigenvalue weighted by molar-refractivity contribution is 5.89. The molecular formula is C11H17N2O+. The second-order valence-corrected chi connectivity index (χ2v) is 3.18. The van der Waals surface area contributed by atoms with Crippen LogP contribution in [-0.4, -0.2) is 26.1 Å². The molecule has 0 amide bonds. The number of ether oxygens (including phenoxy) is 1. The van der Waals surface area contributed by atoms with Crippen molar-refractivity contribution in [3.63, 3.8) is 0 Å². The maximum Gasteiger partial charge on any atom is 0.366 e. The second kappa shape index (κ2) is 5.40. The minimum absolute atomic E-state index is 0.486. The molecule has 1 aromatic carbocycles. The average molecular weight is 193 g/mol. The maximum atomic E-state index is 5.75. The van der Waals surface area contributed by atoms with Gasteiger partial charge < -0.3 is 10.1 Å². The predicted octanol–water partition coefficient (Wildman–Crippen LogP) is -0.263. The van der Waals surface area contributed by atoms with Gasteiger partial charge in [-0.25, -0.2) is 5.41 Å². The summed E-state index contributed by atoms with van der Waals surface area (Å²) in [4.78, 5) is 0. The van der Waals surface area contributed by atoms with Gasteiger partial charge in [-0.1, -0.05) is 17.7 Å². The molecule has 3 heteroatoms. The summed E-state index contributed by atoms with van der Waals surface area (Å²) in [6, 6.07) is 7.96. The molecule has 3 N–H and O–H groups in total. The SMILES string of the molecule is CNCCOC(=[NH2+])c1ccc(C)cc1. The Kier molecular flexibility index (Phi) is 4.13. The summed E-state index contributed by atoms with van der Waals surface area (Å²) in [5, 5.41) is 8.74. The van der Waals surface area contributed by atoms with E-state index in [-0.39, 0.29) is 0 Å². The molecule has 0 saturated heterocycles. The molecule has 0 aliphatic rings. The Morgan fingerprint density at radius 1 is 1.36 bits per heavy atom. The largest absolute Gasteiger partial charge is 0.443 e. The van der Waals surface area contributed by atoms with E-state index in [1.54, 1.807) is 0 Å². The van der Waals surface area contributed by atoms with Crippen LogP contribution in [0.2, 0.25) is 0 Å². The van der Waals surface area contributed by atoms with E-state index < -0.39 is 0 Å². The molecule has 0 heterocycles. The van der Waals surface area contributed by atoms with E-state index in [1.807, 2.05) is 38.2 Å². The van der Waals surface area contributed by atoms with Gasteiger partial charge in [0, 0.05) is 6.54 Å². The van der Waals surface area contributed by atoms with Crippen molar-refractivity contribution >= 4 is 5.90 Å². The normalized spacial score (nSPS) is 9.86. The third-order valence-electron chi connectivity index (χ3n) is 1.95. The van der Waals surface area contributed by atoms with Crippen LogP contribution in [0.25, 0.3) is 0 Å². The molecule has 0 aromatic heterocycles. The molecule has 0 atom stereocenters. The average Bonchev–Trinajstić information content (AvgIpc) is 2.19. The van der Waals surface area contributed by atoms with Crippen LogP contribution < -0.4 is 10.7 Å². The molecule has 0 saturated carbocycles. The van der Waals surface area contributed by atoms with Crippen molar-refractivity contribution in [2.24, 2.45) is 0 Å². The van der Waals surface area contributed by atoms with E-state index in [0.717, 1.165) is 12.1 Å². The zero-order valence-electron chi connectivity index (χ0n) is 8.71. The highest BCUT2D eigenvalue weighted by Gasteiger charge is 2.06. The Labute approximate surface area is 84.6 Å². The Morgan fingerprint density at radius 3 is 2.57 bits per heavy atom. The van der Waals surface area contributed by atoms with Crippen LogP contribution in [0.5, 0.6) is 0 Å². The molecule has 0 aliphatic carbocycles. The number of hydrogen-bond donors (Lipinski definition) is 2. The van der Waals surface area contributed by atoms with Crippen molar-refractivity contribution in [3.05, 3.63) is 35.4 Å². The first-order valence-electron chi connectivity index (χ1n) is 4.71. The summed E-state index contributed by atoms with van der Waals surface area (Å²) < 4.78 is 5.34. The van der Waals surface area contributed by atoms with Crippen molar-refractivity contribution < 1.29 is 10.1 Å². The van der Waals surface area contributed by atoms with Gasteiger partial charge >= 0.3 is 5.90 Å². The van der Waals surface area contributed by atoms with E-state index in [1.165, 1.54) is 5.56 Å². The van der Waals surface area contributed by atoms with Gasteiger partial charge in [-0.3, -0.25) is 0 Å². The van der Waals surface area contributed by atoms with E-state index in [0.29, 0.717) is 12.5 Å². The Morgan fingerprint density at radius 2 is 2.00 bits per heavy atom. The van der Waals surface area contributed by atoms with Gasteiger partial charge in [0.1, 0.15) is 6.61 Å². The molecule has 0 unspecified atom stereocenters. The fourth-order valence-electron chi connectivity index (χ4n) is 1.06. The molecule has 0 radical (unpaired) electrons. The van der Waals surface area contributed by atoms with Crippen LogP contribution in [-0.2, 0) is 4.74 Å². The monoisotopic (exact) mass is 193 g/mol. The molecule has 76 valence electrons. The Balaban J connectivity index is 2.48. The molecule has 1 rings (SSSR count). The minimum Gasteiger partial charge on any atom is -0.443 e. The molecule has 0 spiro atoms. The number of likely N-dealkylation sites (N-methyl/N-ethyl adjacent to an activating group) is 1.